The number of thiazole rings is 1. The van der Waals surface area contributed by atoms with E-state index >= 15 is 0 Å². The lowest BCUT2D eigenvalue weighted by molar-refractivity contribution is -0.131. The Morgan fingerprint density at radius 3 is 2.36 bits per heavy atom. The van der Waals surface area contributed by atoms with Gasteiger partial charge in [-0.2, -0.15) is 0 Å². The molecule has 3 rings (SSSR count). The lowest BCUT2D eigenvalue weighted by Crippen LogP contribution is -2.51. The van der Waals surface area contributed by atoms with Crippen molar-refractivity contribution < 1.29 is 9.59 Å². The van der Waals surface area contributed by atoms with Crippen LogP contribution in [-0.2, 0) is 11.2 Å². The van der Waals surface area contributed by atoms with Crippen molar-refractivity contribution in [1.29, 1.82) is 0 Å². The molecule has 0 aliphatic carbocycles. The molecule has 1 aromatic heterocycles. The van der Waals surface area contributed by atoms with E-state index in [9.17, 15) is 9.59 Å². The fraction of sp³-hybridized carbons (Fsp3) is 0.389. The molecule has 2 amide bonds. The molecule has 0 spiro atoms. The van der Waals surface area contributed by atoms with E-state index in [2.05, 4.69) is 4.98 Å². The Morgan fingerprint density at radius 1 is 1.12 bits per heavy atom. The lowest BCUT2D eigenvalue weighted by Gasteiger charge is -2.35. The zero-order valence-corrected chi connectivity index (χ0v) is 15.9. The first-order chi connectivity index (χ1) is 12.0. The molecular weight excluding hydrogens is 358 g/mol. The Kier molecular flexibility index (Phi) is 5.39. The predicted octanol–water partition coefficient (Wildman–Crippen LogP) is 2.94. The summed E-state index contributed by atoms with van der Waals surface area (Å²) in [5.41, 5.74) is 1.45. The predicted molar refractivity (Wildman–Crippen MR) is 99.2 cm³/mol. The number of rotatable bonds is 3. The monoisotopic (exact) mass is 377 g/mol. The van der Waals surface area contributed by atoms with Crippen LogP contribution in [0.5, 0.6) is 0 Å². The molecule has 0 N–H and O–H groups in total. The van der Waals surface area contributed by atoms with E-state index < -0.39 is 0 Å². The number of hydrogen-bond acceptors (Lipinski definition) is 4. The summed E-state index contributed by atoms with van der Waals surface area (Å²) in [5.74, 6) is 0.0169. The molecule has 0 unspecified atom stereocenters. The molecule has 7 heteroatoms. The Labute approximate surface area is 156 Å². The fourth-order valence-corrected chi connectivity index (χ4v) is 4.10. The van der Waals surface area contributed by atoms with Crippen molar-refractivity contribution in [3.8, 4) is 0 Å². The van der Waals surface area contributed by atoms with Gasteiger partial charge >= 0.3 is 0 Å². The second-order valence-electron chi connectivity index (χ2n) is 6.07. The van der Waals surface area contributed by atoms with Gasteiger partial charge in [0.15, 0.2) is 0 Å². The Hall–Kier alpha value is -1.92. The SMILES string of the molecule is Cc1nc(C)c(CC(=O)N2CCN(C(=O)c3ccccc3Cl)CC2)s1. The highest BCUT2D eigenvalue weighted by atomic mass is 35.5. The van der Waals surface area contributed by atoms with E-state index in [1.807, 2.05) is 18.7 Å². The molecular formula is C18H20ClN3O2S. The van der Waals surface area contributed by atoms with Crippen molar-refractivity contribution in [1.82, 2.24) is 14.8 Å². The molecule has 1 aromatic carbocycles. The molecule has 1 saturated heterocycles. The largest absolute Gasteiger partial charge is 0.339 e. The third-order valence-electron chi connectivity index (χ3n) is 4.34. The Morgan fingerprint density at radius 2 is 1.76 bits per heavy atom. The lowest BCUT2D eigenvalue weighted by atomic mass is 10.1. The molecule has 0 bridgehead atoms. The maximum atomic E-state index is 12.6. The highest BCUT2D eigenvalue weighted by Gasteiger charge is 2.26. The Balaban J connectivity index is 1.58. The molecule has 1 fully saturated rings. The van der Waals surface area contributed by atoms with Crippen LogP contribution in [0.3, 0.4) is 0 Å². The van der Waals surface area contributed by atoms with Gasteiger partial charge in [0.1, 0.15) is 0 Å². The molecule has 2 aromatic rings. The number of hydrogen-bond donors (Lipinski definition) is 0. The van der Waals surface area contributed by atoms with Gasteiger partial charge in [0.05, 0.1) is 27.7 Å². The summed E-state index contributed by atoms with van der Waals surface area (Å²) in [6.45, 7) is 6.03. The zero-order valence-electron chi connectivity index (χ0n) is 14.3. The number of piperazine rings is 1. The number of carbonyl (C=O) groups is 2. The average molecular weight is 378 g/mol. The molecule has 0 saturated carbocycles. The number of aromatic nitrogens is 1. The van der Waals surface area contributed by atoms with Crippen LogP contribution >= 0.6 is 22.9 Å². The summed E-state index contributed by atoms with van der Waals surface area (Å²) in [4.78, 5) is 34.1. The first-order valence-electron chi connectivity index (χ1n) is 8.20. The van der Waals surface area contributed by atoms with E-state index in [0.29, 0.717) is 43.2 Å². The van der Waals surface area contributed by atoms with Gasteiger partial charge in [-0.05, 0) is 26.0 Å². The minimum Gasteiger partial charge on any atom is -0.339 e. The number of carbonyl (C=O) groups excluding carboxylic acids is 2. The second-order valence-corrected chi connectivity index (χ2v) is 7.77. The van der Waals surface area contributed by atoms with Crippen molar-refractivity contribution in [3.05, 3.63) is 50.4 Å². The minimum atomic E-state index is -0.0772. The summed E-state index contributed by atoms with van der Waals surface area (Å²) in [6.07, 6.45) is 0.385. The average Bonchev–Trinajstić information content (AvgIpc) is 2.92. The van der Waals surface area contributed by atoms with Gasteiger partial charge in [0.2, 0.25) is 5.91 Å². The number of benzene rings is 1. The van der Waals surface area contributed by atoms with E-state index in [0.717, 1.165) is 15.6 Å². The smallest absolute Gasteiger partial charge is 0.255 e. The van der Waals surface area contributed by atoms with Crippen LogP contribution in [0.15, 0.2) is 24.3 Å². The zero-order chi connectivity index (χ0) is 18.0. The summed E-state index contributed by atoms with van der Waals surface area (Å²) in [7, 11) is 0. The summed E-state index contributed by atoms with van der Waals surface area (Å²) >= 11 is 7.68. The summed E-state index contributed by atoms with van der Waals surface area (Å²) < 4.78 is 0. The molecule has 25 heavy (non-hydrogen) atoms. The fourth-order valence-electron chi connectivity index (χ4n) is 2.95. The van der Waals surface area contributed by atoms with Gasteiger partial charge < -0.3 is 9.80 Å². The molecule has 2 heterocycles. The molecule has 0 atom stereocenters. The maximum absolute atomic E-state index is 12.6. The minimum absolute atomic E-state index is 0.0772. The van der Waals surface area contributed by atoms with Gasteiger partial charge in [-0.15, -0.1) is 11.3 Å². The van der Waals surface area contributed by atoms with Crippen LogP contribution in [0, 0.1) is 13.8 Å². The van der Waals surface area contributed by atoms with Crippen molar-refractivity contribution in [2.45, 2.75) is 20.3 Å². The highest BCUT2D eigenvalue weighted by Crippen LogP contribution is 2.20. The van der Waals surface area contributed by atoms with Crippen LogP contribution in [0.4, 0.5) is 0 Å². The normalized spacial score (nSPS) is 14.7. The highest BCUT2D eigenvalue weighted by molar-refractivity contribution is 7.11. The number of amides is 2. The number of nitrogens with zero attached hydrogens (tertiary/aromatic N) is 3. The maximum Gasteiger partial charge on any atom is 0.255 e. The van der Waals surface area contributed by atoms with Crippen LogP contribution in [0.25, 0.3) is 0 Å². The first-order valence-corrected chi connectivity index (χ1v) is 9.39. The van der Waals surface area contributed by atoms with Gasteiger partial charge in [0, 0.05) is 31.1 Å². The van der Waals surface area contributed by atoms with Gasteiger partial charge in [-0.1, -0.05) is 23.7 Å². The van der Waals surface area contributed by atoms with Gasteiger partial charge in [-0.3, -0.25) is 9.59 Å². The van der Waals surface area contributed by atoms with E-state index in [1.165, 1.54) is 0 Å². The second kappa shape index (κ2) is 7.54. The van der Waals surface area contributed by atoms with Crippen LogP contribution in [0.1, 0.15) is 25.9 Å². The standard InChI is InChI=1S/C18H20ClN3O2S/c1-12-16(25-13(2)20-12)11-17(23)21-7-9-22(10-8-21)18(24)14-5-3-4-6-15(14)19/h3-6H,7-11H2,1-2H3. The van der Waals surface area contributed by atoms with E-state index in [1.54, 1.807) is 40.5 Å². The summed E-state index contributed by atoms with van der Waals surface area (Å²) in [6, 6.07) is 7.06. The molecule has 0 radical (unpaired) electrons. The van der Waals surface area contributed by atoms with Crippen LogP contribution in [0.2, 0.25) is 5.02 Å². The molecule has 1 aliphatic rings. The van der Waals surface area contributed by atoms with E-state index in [-0.39, 0.29) is 11.8 Å². The van der Waals surface area contributed by atoms with Crippen molar-refractivity contribution in [2.75, 3.05) is 26.2 Å². The molecule has 5 nitrogen and oxygen atoms in total. The summed E-state index contributed by atoms with van der Waals surface area (Å²) in [5, 5.41) is 1.44. The third kappa shape index (κ3) is 4.02. The molecule has 132 valence electrons. The van der Waals surface area contributed by atoms with Crippen molar-refractivity contribution in [3.63, 3.8) is 0 Å². The van der Waals surface area contributed by atoms with Gasteiger partial charge in [-0.25, -0.2) is 4.98 Å². The molecule has 1 aliphatic heterocycles. The first kappa shape index (κ1) is 17.9. The van der Waals surface area contributed by atoms with Crippen molar-refractivity contribution >= 4 is 34.8 Å². The topological polar surface area (TPSA) is 53.5 Å². The quantitative estimate of drug-likeness (QED) is 0.826. The van der Waals surface area contributed by atoms with Crippen LogP contribution in [-0.4, -0.2) is 52.8 Å². The van der Waals surface area contributed by atoms with Crippen molar-refractivity contribution in [2.24, 2.45) is 0 Å². The van der Waals surface area contributed by atoms with Crippen LogP contribution < -0.4 is 0 Å². The van der Waals surface area contributed by atoms with E-state index in [4.69, 9.17) is 11.6 Å². The third-order valence-corrected chi connectivity index (χ3v) is 5.74. The number of aryl methyl sites for hydroxylation is 2. The Bertz CT molecular complexity index is 797. The number of halogens is 1. The van der Waals surface area contributed by atoms with Gasteiger partial charge in [0.25, 0.3) is 5.91 Å².